The molecule has 0 aliphatic rings. The highest BCUT2D eigenvalue weighted by Crippen LogP contribution is 2.05. The van der Waals surface area contributed by atoms with Gasteiger partial charge in [-0.2, -0.15) is 0 Å². The van der Waals surface area contributed by atoms with Crippen molar-refractivity contribution in [1.29, 1.82) is 0 Å². The summed E-state index contributed by atoms with van der Waals surface area (Å²) in [6.07, 6.45) is 3.46. The topological polar surface area (TPSA) is 0 Å². The Balaban J connectivity index is 3.27. The Morgan fingerprint density at radius 2 is 2.00 bits per heavy atom. The van der Waals surface area contributed by atoms with Gasteiger partial charge in [-0.05, 0) is 23.6 Å². The molecule has 0 bridgehead atoms. The average molecular weight is 144 g/mol. The standard InChI is InChI=1S/C8H16S/c1-4-5-8(9)6-7(2)3/h7H,4-6H2,1-3H3. The fourth-order valence-corrected chi connectivity index (χ4v) is 1.37. The lowest BCUT2D eigenvalue weighted by Crippen LogP contribution is -1.98. The van der Waals surface area contributed by atoms with E-state index in [2.05, 4.69) is 20.8 Å². The minimum Gasteiger partial charge on any atom is -0.0897 e. The van der Waals surface area contributed by atoms with E-state index in [9.17, 15) is 0 Å². The Hall–Kier alpha value is 0.0900. The van der Waals surface area contributed by atoms with Crippen LogP contribution >= 0.6 is 12.2 Å². The van der Waals surface area contributed by atoms with Crippen molar-refractivity contribution in [3.63, 3.8) is 0 Å². The molecule has 0 rings (SSSR count). The highest BCUT2D eigenvalue weighted by atomic mass is 32.1. The minimum absolute atomic E-state index is 0.740. The normalized spacial score (nSPS) is 10.2. The van der Waals surface area contributed by atoms with Crippen LogP contribution in [0.1, 0.15) is 40.0 Å². The molecule has 0 radical (unpaired) electrons. The number of hydrogen-bond acceptors (Lipinski definition) is 1. The smallest absolute Gasteiger partial charge is 0.00691 e. The molecule has 0 saturated carbocycles. The van der Waals surface area contributed by atoms with Crippen molar-refractivity contribution in [1.82, 2.24) is 0 Å². The molecule has 0 saturated heterocycles. The van der Waals surface area contributed by atoms with Gasteiger partial charge in [-0.25, -0.2) is 0 Å². The second-order valence-corrected chi connectivity index (χ2v) is 3.46. The maximum Gasteiger partial charge on any atom is -0.00691 e. The van der Waals surface area contributed by atoms with Gasteiger partial charge in [-0.1, -0.05) is 39.4 Å². The van der Waals surface area contributed by atoms with Gasteiger partial charge >= 0.3 is 0 Å². The van der Waals surface area contributed by atoms with Crippen LogP contribution in [0.4, 0.5) is 0 Å². The first kappa shape index (κ1) is 9.09. The Morgan fingerprint density at radius 1 is 1.44 bits per heavy atom. The third kappa shape index (κ3) is 5.97. The molecule has 9 heavy (non-hydrogen) atoms. The van der Waals surface area contributed by atoms with Gasteiger partial charge in [0.2, 0.25) is 0 Å². The van der Waals surface area contributed by atoms with E-state index >= 15 is 0 Å². The van der Waals surface area contributed by atoms with Gasteiger partial charge in [0.15, 0.2) is 0 Å². The Labute approximate surface area is 63.7 Å². The Bertz CT molecular complexity index is 84.6. The first-order chi connectivity index (χ1) is 4.16. The van der Waals surface area contributed by atoms with E-state index in [0.29, 0.717) is 0 Å². The van der Waals surface area contributed by atoms with E-state index < -0.39 is 0 Å². The summed E-state index contributed by atoms with van der Waals surface area (Å²) in [5.41, 5.74) is 0. The number of hydrogen-bond donors (Lipinski definition) is 0. The van der Waals surface area contributed by atoms with E-state index in [0.717, 1.165) is 18.8 Å². The molecular weight excluding hydrogens is 128 g/mol. The maximum atomic E-state index is 5.13. The number of thiocarbonyl (C=S) groups is 1. The maximum absolute atomic E-state index is 5.13. The van der Waals surface area contributed by atoms with Crippen molar-refractivity contribution in [3.05, 3.63) is 0 Å². The summed E-state index contributed by atoms with van der Waals surface area (Å²) < 4.78 is 0. The molecule has 0 aliphatic carbocycles. The number of rotatable bonds is 4. The molecule has 0 unspecified atom stereocenters. The predicted molar refractivity (Wildman–Crippen MR) is 47.0 cm³/mol. The zero-order valence-electron chi connectivity index (χ0n) is 6.61. The van der Waals surface area contributed by atoms with Gasteiger partial charge < -0.3 is 0 Å². The van der Waals surface area contributed by atoms with Crippen molar-refractivity contribution >= 4 is 17.1 Å². The van der Waals surface area contributed by atoms with Crippen LogP contribution in [-0.2, 0) is 0 Å². The van der Waals surface area contributed by atoms with Crippen LogP contribution in [-0.4, -0.2) is 4.86 Å². The van der Waals surface area contributed by atoms with Gasteiger partial charge in [0.05, 0.1) is 0 Å². The van der Waals surface area contributed by atoms with Gasteiger partial charge in [-0.3, -0.25) is 0 Å². The van der Waals surface area contributed by atoms with Crippen molar-refractivity contribution in [2.45, 2.75) is 40.0 Å². The van der Waals surface area contributed by atoms with Crippen molar-refractivity contribution in [2.75, 3.05) is 0 Å². The van der Waals surface area contributed by atoms with Gasteiger partial charge in [0.25, 0.3) is 0 Å². The molecule has 0 aromatic carbocycles. The largest absolute Gasteiger partial charge is 0.0897 e. The molecule has 54 valence electrons. The molecule has 0 N–H and O–H groups in total. The molecule has 0 aliphatic heterocycles. The molecule has 0 heterocycles. The molecule has 1 heteroatoms. The van der Waals surface area contributed by atoms with Crippen molar-refractivity contribution < 1.29 is 0 Å². The molecule has 0 spiro atoms. The van der Waals surface area contributed by atoms with Crippen molar-refractivity contribution in [2.24, 2.45) is 5.92 Å². The SMILES string of the molecule is CCCC(=S)CC(C)C. The summed E-state index contributed by atoms with van der Waals surface area (Å²) in [7, 11) is 0. The van der Waals surface area contributed by atoms with Crippen molar-refractivity contribution in [3.8, 4) is 0 Å². The Kier molecular flexibility index (Phi) is 4.97. The summed E-state index contributed by atoms with van der Waals surface area (Å²) in [4.78, 5) is 1.24. The lowest BCUT2D eigenvalue weighted by molar-refractivity contribution is 0.680. The van der Waals surface area contributed by atoms with Crippen LogP contribution < -0.4 is 0 Å². The van der Waals surface area contributed by atoms with E-state index in [1.165, 1.54) is 11.3 Å². The molecule has 0 aromatic rings. The van der Waals surface area contributed by atoms with Crippen LogP contribution in [0, 0.1) is 5.92 Å². The summed E-state index contributed by atoms with van der Waals surface area (Å²) >= 11 is 5.13. The fraction of sp³-hybridized carbons (Fsp3) is 0.875. The third-order valence-electron chi connectivity index (χ3n) is 1.16. The van der Waals surface area contributed by atoms with Gasteiger partial charge in [0.1, 0.15) is 0 Å². The minimum atomic E-state index is 0.740. The zero-order valence-corrected chi connectivity index (χ0v) is 7.42. The van der Waals surface area contributed by atoms with Crippen LogP contribution in [0.2, 0.25) is 0 Å². The second-order valence-electron chi connectivity index (χ2n) is 2.89. The molecule has 0 atom stereocenters. The lowest BCUT2D eigenvalue weighted by atomic mass is 10.1. The zero-order chi connectivity index (χ0) is 7.28. The average Bonchev–Trinajstić information content (AvgIpc) is 1.63. The summed E-state index contributed by atoms with van der Waals surface area (Å²) in [6, 6.07) is 0. The van der Waals surface area contributed by atoms with E-state index in [-0.39, 0.29) is 0 Å². The van der Waals surface area contributed by atoms with Crippen LogP contribution in [0.5, 0.6) is 0 Å². The first-order valence-electron chi connectivity index (χ1n) is 3.68. The highest BCUT2D eigenvalue weighted by Gasteiger charge is 1.97. The molecular formula is C8H16S. The molecule has 0 amide bonds. The fourth-order valence-electron chi connectivity index (χ4n) is 0.836. The van der Waals surface area contributed by atoms with E-state index in [1.807, 2.05) is 0 Å². The van der Waals surface area contributed by atoms with Crippen LogP contribution in [0.25, 0.3) is 0 Å². The van der Waals surface area contributed by atoms with Gasteiger partial charge in [-0.15, -0.1) is 0 Å². The molecule has 0 nitrogen and oxygen atoms in total. The summed E-state index contributed by atoms with van der Waals surface area (Å²) in [5, 5.41) is 0. The van der Waals surface area contributed by atoms with E-state index in [4.69, 9.17) is 12.2 Å². The third-order valence-corrected chi connectivity index (χ3v) is 1.54. The van der Waals surface area contributed by atoms with E-state index in [1.54, 1.807) is 0 Å². The molecule has 0 fully saturated rings. The summed E-state index contributed by atoms with van der Waals surface area (Å²) in [6.45, 7) is 6.59. The first-order valence-corrected chi connectivity index (χ1v) is 4.09. The Morgan fingerprint density at radius 3 is 2.33 bits per heavy atom. The van der Waals surface area contributed by atoms with Crippen LogP contribution in [0.15, 0.2) is 0 Å². The molecule has 0 aromatic heterocycles. The predicted octanol–water partition coefficient (Wildman–Crippen LogP) is 3.20. The second kappa shape index (κ2) is 4.92. The lowest BCUT2D eigenvalue weighted by Gasteiger charge is -2.03. The summed E-state index contributed by atoms with van der Waals surface area (Å²) in [5.74, 6) is 0.740. The quantitative estimate of drug-likeness (QED) is 0.546. The van der Waals surface area contributed by atoms with Crippen LogP contribution in [0.3, 0.4) is 0 Å². The van der Waals surface area contributed by atoms with Gasteiger partial charge in [0, 0.05) is 0 Å². The highest BCUT2D eigenvalue weighted by molar-refractivity contribution is 7.80. The monoisotopic (exact) mass is 144 g/mol.